The average molecular weight is 745 g/mol. The number of carboxylic acids is 1. The van der Waals surface area contributed by atoms with Crippen molar-refractivity contribution in [3.63, 3.8) is 0 Å². The molecule has 20 heteroatoms. The van der Waals surface area contributed by atoms with Gasteiger partial charge in [-0.05, 0) is 42.9 Å². The number of hydrogen-bond donors (Lipinski definition) is 11. The quantitative estimate of drug-likeness (QED) is 0.0496. The van der Waals surface area contributed by atoms with E-state index < -0.39 is 84.8 Å². The number of aliphatic hydroxyl groups is 1. The number of primary amides is 1. The number of imidazole rings is 1. The van der Waals surface area contributed by atoms with E-state index in [9.17, 15) is 43.8 Å². The number of fused-ring (bicyclic) bond motifs is 1. The van der Waals surface area contributed by atoms with Crippen molar-refractivity contribution in [2.75, 3.05) is 25.2 Å². The van der Waals surface area contributed by atoms with Gasteiger partial charge >= 0.3 is 5.97 Å². The molecule has 1 aromatic carbocycles. The van der Waals surface area contributed by atoms with Crippen molar-refractivity contribution >= 4 is 64.1 Å². The van der Waals surface area contributed by atoms with Crippen LogP contribution in [0.4, 0.5) is 0 Å². The Kier molecular flexibility index (Phi) is 16.1. The number of aromatic nitrogens is 3. The Morgan fingerprint density at radius 1 is 0.865 bits per heavy atom. The molecule has 0 fully saturated rings. The Labute approximate surface area is 302 Å². The van der Waals surface area contributed by atoms with Crippen LogP contribution in [0.5, 0.6) is 0 Å². The minimum absolute atomic E-state index is 0.125. The summed E-state index contributed by atoms with van der Waals surface area (Å²) in [5.41, 5.74) is 13.6. The highest BCUT2D eigenvalue weighted by atomic mass is 32.2. The highest BCUT2D eigenvalue weighted by molar-refractivity contribution is 7.98. The topological polar surface area (TPSA) is 317 Å². The zero-order chi connectivity index (χ0) is 38.2. The summed E-state index contributed by atoms with van der Waals surface area (Å²) in [5, 5.41) is 31.5. The number of H-pyrrole nitrogens is 2. The molecule has 0 radical (unpaired) electrons. The lowest BCUT2D eigenvalue weighted by Gasteiger charge is -2.24. The molecule has 3 aromatic rings. The number of para-hydroxylation sites is 1. The van der Waals surface area contributed by atoms with Crippen molar-refractivity contribution in [1.29, 1.82) is 0 Å². The van der Waals surface area contributed by atoms with Gasteiger partial charge in [-0.2, -0.15) is 11.8 Å². The lowest BCUT2D eigenvalue weighted by molar-refractivity contribution is -0.143. The van der Waals surface area contributed by atoms with Gasteiger partial charge in [0.25, 0.3) is 0 Å². The first-order valence-electron chi connectivity index (χ1n) is 16.2. The molecule has 3 rings (SSSR count). The van der Waals surface area contributed by atoms with Crippen LogP contribution < -0.4 is 38.1 Å². The number of thioether (sulfide) groups is 1. The standard InChI is InChI=1S/C32H44N10O9S/c1-52-9-8-23(29(47)37-14-27(45)39-24(11-18-13-35-16-38-18)31(49)42-25(15-43)32(50)51)41-30(48)22(6-7-26(34)44)40-28(46)20(33)10-17-12-36-21-5-3-2-4-19(17)21/h2-5,12-13,16,20,22-25,36,43H,6-11,14-15,33H2,1H3,(H2,34,44)(H,35,38)(H,37,47)(H,39,45)(H,40,46)(H,41,48)(H,42,49)(H,50,51)/t20-,22-,23-,24+,25-/m0/s1. The number of carboxylic acid groups (broad SMARTS) is 1. The van der Waals surface area contributed by atoms with Gasteiger partial charge in [-0.15, -0.1) is 0 Å². The molecule has 2 heterocycles. The number of rotatable bonds is 22. The van der Waals surface area contributed by atoms with E-state index in [-0.39, 0.29) is 32.1 Å². The molecule has 6 amide bonds. The number of nitrogens with zero attached hydrogens (tertiary/aromatic N) is 1. The molecule has 282 valence electrons. The van der Waals surface area contributed by atoms with Crippen molar-refractivity contribution in [1.82, 2.24) is 41.5 Å². The summed E-state index contributed by atoms with van der Waals surface area (Å²) in [4.78, 5) is 98.1. The summed E-state index contributed by atoms with van der Waals surface area (Å²) < 4.78 is 0. The molecule has 0 bridgehead atoms. The fourth-order valence-corrected chi connectivity index (χ4v) is 5.53. The smallest absolute Gasteiger partial charge is 0.328 e. The number of carbonyl (C=O) groups is 7. The molecule has 52 heavy (non-hydrogen) atoms. The molecule has 0 aliphatic rings. The largest absolute Gasteiger partial charge is 0.480 e. The van der Waals surface area contributed by atoms with Crippen molar-refractivity contribution in [2.45, 2.75) is 62.3 Å². The monoisotopic (exact) mass is 744 g/mol. The number of hydrogen-bond acceptors (Lipinski definition) is 11. The first kappa shape index (κ1) is 41.0. The second-order valence-electron chi connectivity index (χ2n) is 11.8. The maximum absolute atomic E-state index is 13.5. The Balaban J connectivity index is 1.65. The number of aliphatic hydroxyl groups excluding tert-OH is 1. The van der Waals surface area contributed by atoms with E-state index in [1.54, 1.807) is 12.5 Å². The summed E-state index contributed by atoms with van der Waals surface area (Å²) in [6.07, 6.45) is 5.97. The number of aliphatic carboxylic acids is 1. The van der Waals surface area contributed by atoms with Gasteiger partial charge in [-0.1, -0.05) is 18.2 Å². The zero-order valence-electron chi connectivity index (χ0n) is 28.3. The van der Waals surface area contributed by atoms with Crippen LogP contribution >= 0.6 is 11.8 Å². The first-order valence-corrected chi connectivity index (χ1v) is 17.6. The van der Waals surface area contributed by atoms with Gasteiger partial charge in [0.1, 0.15) is 24.2 Å². The third kappa shape index (κ3) is 12.7. The summed E-state index contributed by atoms with van der Waals surface area (Å²) in [6, 6.07) is 1.01. The van der Waals surface area contributed by atoms with Crippen LogP contribution in [0.15, 0.2) is 43.0 Å². The summed E-state index contributed by atoms with van der Waals surface area (Å²) in [5.74, 6) is -5.73. The van der Waals surface area contributed by atoms with Crippen molar-refractivity contribution in [3.8, 4) is 0 Å². The van der Waals surface area contributed by atoms with Crippen LogP contribution in [-0.2, 0) is 46.4 Å². The molecule has 0 saturated carbocycles. The van der Waals surface area contributed by atoms with E-state index in [2.05, 4.69) is 41.5 Å². The van der Waals surface area contributed by atoms with Crippen LogP contribution in [0, 0.1) is 0 Å². The third-order valence-electron chi connectivity index (χ3n) is 7.86. The fourth-order valence-electron chi connectivity index (χ4n) is 5.06. The number of carbonyl (C=O) groups excluding carboxylic acids is 6. The predicted octanol–water partition coefficient (Wildman–Crippen LogP) is -2.85. The number of benzene rings is 1. The van der Waals surface area contributed by atoms with Gasteiger partial charge in [0.05, 0.1) is 25.5 Å². The lowest BCUT2D eigenvalue weighted by Crippen LogP contribution is -2.57. The molecule has 2 aromatic heterocycles. The van der Waals surface area contributed by atoms with E-state index in [0.717, 1.165) is 16.5 Å². The van der Waals surface area contributed by atoms with Gasteiger partial charge in [0.2, 0.25) is 35.4 Å². The van der Waals surface area contributed by atoms with Crippen LogP contribution in [-0.4, -0.2) is 122 Å². The maximum atomic E-state index is 13.5. The minimum atomic E-state index is -1.62. The number of nitrogens with one attached hydrogen (secondary N) is 7. The first-order chi connectivity index (χ1) is 24.8. The normalized spacial score (nSPS) is 13.9. The Morgan fingerprint density at radius 2 is 1.54 bits per heavy atom. The SMILES string of the molecule is CSCC[C@H](NC(=O)[C@H](CCC(N)=O)NC(=O)[C@@H](N)Cc1c[nH]c2ccccc12)C(=O)NCC(=O)N[C@H](Cc1cnc[nH]1)C(=O)N[C@@H](CO)C(=O)O. The Bertz CT molecular complexity index is 1700. The van der Waals surface area contributed by atoms with Gasteiger partial charge in [-0.3, -0.25) is 28.8 Å². The van der Waals surface area contributed by atoms with E-state index >= 15 is 0 Å². The van der Waals surface area contributed by atoms with Gasteiger partial charge in [0, 0.05) is 41.8 Å². The molecule has 5 atom stereocenters. The van der Waals surface area contributed by atoms with Crippen molar-refractivity contribution < 1.29 is 43.8 Å². The van der Waals surface area contributed by atoms with E-state index in [4.69, 9.17) is 11.5 Å². The minimum Gasteiger partial charge on any atom is -0.480 e. The van der Waals surface area contributed by atoms with E-state index in [0.29, 0.717) is 11.4 Å². The molecule has 19 nitrogen and oxygen atoms in total. The predicted molar refractivity (Wildman–Crippen MR) is 189 cm³/mol. The fraction of sp³-hybridized carbons (Fsp3) is 0.438. The number of aromatic amines is 2. The van der Waals surface area contributed by atoms with Gasteiger partial charge in [0.15, 0.2) is 0 Å². The Morgan fingerprint density at radius 3 is 2.19 bits per heavy atom. The summed E-state index contributed by atoms with van der Waals surface area (Å²) in [6.45, 7) is -1.53. The summed E-state index contributed by atoms with van der Waals surface area (Å²) >= 11 is 1.39. The van der Waals surface area contributed by atoms with E-state index in [1.807, 2.05) is 24.3 Å². The maximum Gasteiger partial charge on any atom is 0.328 e. The van der Waals surface area contributed by atoms with Gasteiger partial charge in [-0.25, -0.2) is 9.78 Å². The molecule has 0 spiro atoms. The van der Waals surface area contributed by atoms with Crippen LogP contribution in [0.3, 0.4) is 0 Å². The Hall–Kier alpha value is -5.47. The lowest BCUT2D eigenvalue weighted by atomic mass is 10.0. The highest BCUT2D eigenvalue weighted by Crippen LogP contribution is 2.19. The van der Waals surface area contributed by atoms with E-state index in [1.165, 1.54) is 24.3 Å². The number of amides is 6. The molecular weight excluding hydrogens is 700 g/mol. The summed E-state index contributed by atoms with van der Waals surface area (Å²) in [7, 11) is 0. The third-order valence-corrected chi connectivity index (χ3v) is 8.50. The number of nitrogens with two attached hydrogens (primary N) is 2. The van der Waals surface area contributed by atoms with Crippen LogP contribution in [0.25, 0.3) is 10.9 Å². The zero-order valence-corrected chi connectivity index (χ0v) is 29.2. The molecule has 0 aliphatic heterocycles. The second-order valence-corrected chi connectivity index (χ2v) is 12.8. The van der Waals surface area contributed by atoms with Crippen molar-refractivity contribution in [3.05, 3.63) is 54.2 Å². The molecule has 0 unspecified atom stereocenters. The molecule has 0 aliphatic carbocycles. The molecule has 0 saturated heterocycles. The highest BCUT2D eigenvalue weighted by Gasteiger charge is 2.30. The van der Waals surface area contributed by atoms with Gasteiger partial charge < -0.3 is 58.2 Å². The molecular formula is C32H44N10O9S. The van der Waals surface area contributed by atoms with Crippen molar-refractivity contribution in [2.24, 2.45) is 11.5 Å². The molecule has 13 N–H and O–H groups in total. The second kappa shape index (κ2) is 20.4. The average Bonchev–Trinajstić information content (AvgIpc) is 3.79. The van der Waals surface area contributed by atoms with Crippen LogP contribution in [0.1, 0.15) is 30.5 Å². The van der Waals surface area contributed by atoms with Crippen LogP contribution in [0.2, 0.25) is 0 Å².